The zero-order valence-corrected chi connectivity index (χ0v) is 16.9. The molecule has 1 aromatic carbocycles. The molecule has 1 N–H and O–H groups in total. The van der Waals surface area contributed by atoms with Gasteiger partial charge in [-0.3, -0.25) is 9.59 Å². The van der Waals surface area contributed by atoms with Gasteiger partial charge in [0.2, 0.25) is 5.91 Å². The van der Waals surface area contributed by atoms with E-state index in [2.05, 4.69) is 5.32 Å². The Morgan fingerprint density at radius 1 is 1.00 bits per heavy atom. The molecule has 7 heteroatoms. The number of hydrogen-bond donors (Lipinski definition) is 1. The highest BCUT2D eigenvalue weighted by Gasteiger charge is 2.35. The summed E-state index contributed by atoms with van der Waals surface area (Å²) in [4.78, 5) is 29.0. The van der Waals surface area contributed by atoms with Gasteiger partial charge in [-0.15, -0.1) is 12.4 Å². The van der Waals surface area contributed by atoms with Crippen LogP contribution >= 0.6 is 12.4 Å². The normalized spacial score (nSPS) is 27.1. The van der Waals surface area contributed by atoms with E-state index >= 15 is 0 Å². The van der Waals surface area contributed by atoms with Gasteiger partial charge in [0.1, 0.15) is 5.82 Å². The molecule has 28 heavy (non-hydrogen) atoms. The lowest BCUT2D eigenvalue weighted by molar-refractivity contribution is -0.132. The molecule has 1 aromatic rings. The molecule has 0 radical (unpaired) electrons. The van der Waals surface area contributed by atoms with Gasteiger partial charge >= 0.3 is 0 Å². The topological polar surface area (TPSA) is 52.7 Å². The van der Waals surface area contributed by atoms with Crippen LogP contribution in [0.25, 0.3) is 0 Å². The molecule has 2 bridgehead atoms. The van der Waals surface area contributed by atoms with E-state index in [-0.39, 0.29) is 29.8 Å². The van der Waals surface area contributed by atoms with Gasteiger partial charge in [0, 0.05) is 44.7 Å². The second-order valence-corrected chi connectivity index (χ2v) is 8.19. The maximum atomic E-state index is 13.9. The molecule has 5 nitrogen and oxygen atoms in total. The van der Waals surface area contributed by atoms with E-state index in [4.69, 9.17) is 0 Å². The summed E-state index contributed by atoms with van der Waals surface area (Å²) in [6.45, 7) is 2.25. The summed E-state index contributed by atoms with van der Waals surface area (Å²) in [7, 11) is 0. The van der Waals surface area contributed by atoms with Gasteiger partial charge in [-0.05, 0) is 50.2 Å². The third-order valence-electron chi connectivity index (χ3n) is 6.27. The predicted octanol–water partition coefficient (Wildman–Crippen LogP) is 2.84. The number of nitrogens with one attached hydrogen (secondary N) is 1. The van der Waals surface area contributed by atoms with Gasteiger partial charge in [-0.1, -0.05) is 12.1 Å². The number of hydrogen-bond acceptors (Lipinski definition) is 3. The Labute approximate surface area is 172 Å². The Hall–Kier alpha value is -1.66. The van der Waals surface area contributed by atoms with Crippen LogP contribution in [0.5, 0.6) is 0 Å². The van der Waals surface area contributed by atoms with Gasteiger partial charge in [0.15, 0.2) is 0 Å². The van der Waals surface area contributed by atoms with Crippen LogP contribution in [-0.4, -0.2) is 59.9 Å². The first-order valence-corrected chi connectivity index (χ1v) is 10.2. The summed E-state index contributed by atoms with van der Waals surface area (Å²) in [5.74, 6) is -0.0744. The van der Waals surface area contributed by atoms with E-state index in [1.807, 2.05) is 4.90 Å². The number of amides is 2. The first kappa shape index (κ1) is 21.1. The molecule has 4 rings (SSSR count). The number of halogens is 2. The van der Waals surface area contributed by atoms with Crippen molar-refractivity contribution in [1.29, 1.82) is 0 Å². The third-order valence-corrected chi connectivity index (χ3v) is 6.27. The van der Waals surface area contributed by atoms with Crippen molar-refractivity contribution in [1.82, 2.24) is 15.1 Å². The van der Waals surface area contributed by atoms with Crippen molar-refractivity contribution in [2.75, 3.05) is 26.2 Å². The van der Waals surface area contributed by atoms with Crippen molar-refractivity contribution in [3.8, 4) is 0 Å². The number of carbonyl (C=O) groups is 2. The first-order valence-electron chi connectivity index (χ1n) is 10.2. The molecule has 2 amide bonds. The lowest BCUT2D eigenvalue weighted by Crippen LogP contribution is -2.41. The molecule has 3 fully saturated rings. The van der Waals surface area contributed by atoms with E-state index in [0.29, 0.717) is 50.6 Å². The molecule has 3 heterocycles. The fourth-order valence-corrected chi connectivity index (χ4v) is 4.89. The SMILES string of the molecule is Cl.O=C(CC1CC2CCC(C1)N2)N1CCCN(C(=O)c2ccccc2F)CC1. The molecule has 0 aromatic heterocycles. The number of fused-ring (bicyclic) bond motifs is 2. The Kier molecular flexibility index (Phi) is 6.94. The Balaban J connectivity index is 0.00000225. The van der Waals surface area contributed by atoms with E-state index in [1.54, 1.807) is 17.0 Å². The molecule has 0 saturated carbocycles. The summed E-state index contributed by atoms with van der Waals surface area (Å²) in [6.07, 6.45) is 6.06. The van der Waals surface area contributed by atoms with Crippen molar-refractivity contribution in [3.63, 3.8) is 0 Å². The molecular formula is C21H29ClFN3O2. The quantitative estimate of drug-likeness (QED) is 0.835. The monoisotopic (exact) mass is 409 g/mol. The highest BCUT2D eigenvalue weighted by atomic mass is 35.5. The van der Waals surface area contributed by atoms with Crippen LogP contribution in [0.15, 0.2) is 24.3 Å². The summed E-state index contributed by atoms with van der Waals surface area (Å²) in [6, 6.07) is 7.29. The van der Waals surface area contributed by atoms with E-state index < -0.39 is 5.82 Å². The lowest BCUT2D eigenvalue weighted by Gasteiger charge is -2.30. The maximum absolute atomic E-state index is 13.9. The van der Waals surface area contributed by atoms with Gasteiger partial charge in [0.25, 0.3) is 5.91 Å². The van der Waals surface area contributed by atoms with Gasteiger partial charge in [-0.2, -0.15) is 0 Å². The minimum atomic E-state index is -0.486. The Morgan fingerprint density at radius 3 is 2.36 bits per heavy atom. The first-order chi connectivity index (χ1) is 13.1. The maximum Gasteiger partial charge on any atom is 0.256 e. The molecular weight excluding hydrogens is 381 g/mol. The Bertz CT molecular complexity index is 705. The number of benzene rings is 1. The van der Waals surface area contributed by atoms with Crippen LogP contribution in [0.1, 0.15) is 48.9 Å². The van der Waals surface area contributed by atoms with Crippen LogP contribution in [0.4, 0.5) is 4.39 Å². The van der Waals surface area contributed by atoms with E-state index in [0.717, 1.165) is 19.3 Å². The molecule has 3 aliphatic rings. The second-order valence-electron chi connectivity index (χ2n) is 8.19. The molecule has 3 saturated heterocycles. The number of piperidine rings is 1. The average molecular weight is 410 g/mol. The number of rotatable bonds is 3. The summed E-state index contributed by atoms with van der Waals surface area (Å²) >= 11 is 0. The fraction of sp³-hybridized carbons (Fsp3) is 0.619. The van der Waals surface area contributed by atoms with Crippen LogP contribution in [0, 0.1) is 11.7 Å². The van der Waals surface area contributed by atoms with Crippen molar-refractivity contribution < 1.29 is 14.0 Å². The zero-order valence-electron chi connectivity index (χ0n) is 16.1. The van der Waals surface area contributed by atoms with Crippen LogP contribution in [0.3, 0.4) is 0 Å². The highest BCUT2D eigenvalue weighted by Crippen LogP contribution is 2.33. The smallest absolute Gasteiger partial charge is 0.256 e. The molecule has 0 aliphatic carbocycles. The van der Waals surface area contributed by atoms with Gasteiger partial charge in [-0.25, -0.2) is 4.39 Å². The Morgan fingerprint density at radius 2 is 1.64 bits per heavy atom. The van der Waals surface area contributed by atoms with E-state index in [1.165, 1.54) is 25.0 Å². The fourth-order valence-electron chi connectivity index (χ4n) is 4.89. The van der Waals surface area contributed by atoms with Crippen molar-refractivity contribution >= 4 is 24.2 Å². The lowest BCUT2D eigenvalue weighted by atomic mass is 9.89. The summed E-state index contributed by atoms with van der Waals surface area (Å²) < 4.78 is 13.9. The minimum Gasteiger partial charge on any atom is -0.341 e. The molecule has 2 atom stereocenters. The molecule has 2 unspecified atom stereocenters. The molecule has 3 aliphatic heterocycles. The van der Waals surface area contributed by atoms with Crippen molar-refractivity contribution in [2.24, 2.45) is 5.92 Å². The minimum absolute atomic E-state index is 0. The van der Waals surface area contributed by atoms with Crippen LogP contribution in [-0.2, 0) is 4.79 Å². The van der Waals surface area contributed by atoms with Crippen LogP contribution < -0.4 is 5.32 Å². The molecule has 0 spiro atoms. The molecule has 154 valence electrons. The summed E-state index contributed by atoms with van der Waals surface area (Å²) in [5.41, 5.74) is 0.113. The second kappa shape index (κ2) is 9.23. The van der Waals surface area contributed by atoms with Crippen molar-refractivity contribution in [2.45, 2.75) is 50.6 Å². The van der Waals surface area contributed by atoms with Crippen molar-refractivity contribution in [3.05, 3.63) is 35.6 Å². The van der Waals surface area contributed by atoms with Gasteiger partial charge < -0.3 is 15.1 Å². The number of nitrogens with zero attached hydrogens (tertiary/aromatic N) is 2. The predicted molar refractivity (Wildman–Crippen MR) is 108 cm³/mol. The van der Waals surface area contributed by atoms with E-state index in [9.17, 15) is 14.0 Å². The summed E-state index contributed by atoms with van der Waals surface area (Å²) in [5, 5.41) is 3.62. The standard InChI is InChI=1S/C21H28FN3O2.ClH/c22-19-5-2-1-4-18(19)21(27)25-9-3-8-24(10-11-25)20(26)14-15-12-16-6-7-17(13-15)23-16;/h1-2,4-5,15-17,23H,3,6-14H2;1H. The zero-order chi connectivity index (χ0) is 18.8. The largest absolute Gasteiger partial charge is 0.341 e. The average Bonchev–Trinajstić information content (AvgIpc) is 2.86. The third kappa shape index (κ3) is 4.66. The van der Waals surface area contributed by atoms with Crippen LogP contribution in [0.2, 0.25) is 0 Å². The highest BCUT2D eigenvalue weighted by molar-refractivity contribution is 5.94. The van der Waals surface area contributed by atoms with Gasteiger partial charge in [0.05, 0.1) is 5.56 Å². The number of carbonyl (C=O) groups excluding carboxylic acids is 2.